The number of hydrogen-bond donors (Lipinski definition) is 1. The Morgan fingerprint density at radius 2 is 1.85 bits per heavy atom. The lowest BCUT2D eigenvalue weighted by atomic mass is 9.74. The summed E-state index contributed by atoms with van der Waals surface area (Å²) < 4.78 is 14.2. The summed E-state index contributed by atoms with van der Waals surface area (Å²) in [6.45, 7) is 0. The van der Waals surface area contributed by atoms with E-state index in [1.54, 1.807) is 43.0 Å². The molecule has 1 N–H and O–H groups in total. The van der Waals surface area contributed by atoms with E-state index in [0.29, 0.717) is 17.3 Å². The fraction of sp³-hybridized carbons (Fsp3) is 0.211. The zero-order chi connectivity index (χ0) is 18.0. The number of nitrogens with zero attached hydrogens (tertiary/aromatic N) is 5. The monoisotopic (exact) mass is 346 g/mol. The van der Waals surface area contributed by atoms with E-state index in [1.165, 1.54) is 6.07 Å². The highest BCUT2D eigenvalue weighted by atomic mass is 19.1. The van der Waals surface area contributed by atoms with Crippen LogP contribution in [0.5, 0.6) is 0 Å². The molecule has 3 heterocycles. The molecule has 0 aliphatic heterocycles. The zero-order valence-corrected chi connectivity index (χ0v) is 13.9. The Balaban J connectivity index is 1.59. The van der Waals surface area contributed by atoms with Crippen molar-refractivity contribution in [2.75, 3.05) is 5.32 Å². The number of anilines is 1. The van der Waals surface area contributed by atoms with Crippen LogP contribution >= 0.6 is 0 Å². The van der Waals surface area contributed by atoms with Crippen LogP contribution in [0.4, 0.5) is 10.3 Å². The molecule has 1 aliphatic carbocycles. The number of pyridine rings is 2. The van der Waals surface area contributed by atoms with Crippen molar-refractivity contribution in [3.05, 3.63) is 66.3 Å². The highest BCUT2D eigenvalue weighted by Gasteiger charge is 2.42. The van der Waals surface area contributed by atoms with Crippen molar-refractivity contribution in [1.29, 1.82) is 5.26 Å². The third-order valence-electron chi connectivity index (χ3n) is 4.63. The molecule has 0 amide bonds. The Morgan fingerprint density at radius 3 is 2.50 bits per heavy atom. The van der Waals surface area contributed by atoms with Gasteiger partial charge >= 0.3 is 0 Å². The van der Waals surface area contributed by atoms with Gasteiger partial charge in [-0.25, -0.2) is 19.3 Å². The first kappa shape index (κ1) is 16.1. The van der Waals surface area contributed by atoms with Gasteiger partial charge in [-0.15, -0.1) is 0 Å². The molecule has 0 unspecified atom stereocenters. The van der Waals surface area contributed by atoms with Crippen LogP contribution in [0.2, 0.25) is 0 Å². The molecule has 3 aromatic rings. The highest BCUT2D eigenvalue weighted by molar-refractivity contribution is 5.62. The molecule has 7 heteroatoms. The minimum absolute atomic E-state index is 0.322. The maximum absolute atomic E-state index is 14.2. The summed E-state index contributed by atoms with van der Waals surface area (Å²) in [5, 5.41) is 12.2. The van der Waals surface area contributed by atoms with Crippen molar-refractivity contribution in [2.45, 2.75) is 24.8 Å². The third-order valence-corrected chi connectivity index (χ3v) is 4.63. The molecule has 0 atom stereocenters. The van der Waals surface area contributed by atoms with Crippen LogP contribution in [0.3, 0.4) is 0 Å². The van der Waals surface area contributed by atoms with Gasteiger partial charge in [0, 0.05) is 30.4 Å². The summed E-state index contributed by atoms with van der Waals surface area (Å²) in [6.07, 6.45) is 9.08. The van der Waals surface area contributed by atoms with E-state index in [1.807, 2.05) is 6.07 Å². The van der Waals surface area contributed by atoms with E-state index in [2.05, 4.69) is 25.3 Å². The number of nitrogens with one attached hydrogen (secondary N) is 1. The zero-order valence-electron chi connectivity index (χ0n) is 13.9. The van der Waals surface area contributed by atoms with Gasteiger partial charge in [0.15, 0.2) is 0 Å². The van der Waals surface area contributed by atoms with Crippen molar-refractivity contribution >= 4 is 5.95 Å². The standard InChI is InChI=1S/C19H15FN6/c20-16-3-1-7-23-17(16)19(5-2-6-19)26-18-24-11-14(12-25-18)13-4-8-22-15(9-13)10-21/h1,3-4,7-9,11-12H,2,5-6H2,(H,24,25,26). The van der Waals surface area contributed by atoms with E-state index >= 15 is 0 Å². The van der Waals surface area contributed by atoms with Gasteiger partial charge in [-0.2, -0.15) is 5.26 Å². The maximum atomic E-state index is 14.2. The summed E-state index contributed by atoms with van der Waals surface area (Å²) in [7, 11) is 0. The van der Waals surface area contributed by atoms with E-state index in [4.69, 9.17) is 5.26 Å². The van der Waals surface area contributed by atoms with Gasteiger partial charge in [0.2, 0.25) is 5.95 Å². The molecule has 0 radical (unpaired) electrons. The summed E-state index contributed by atoms with van der Waals surface area (Å²) in [6, 6.07) is 8.49. The first-order valence-corrected chi connectivity index (χ1v) is 8.28. The second kappa shape index (κ2) is 6.48. The Labute approximate surface area is 149 Å². The van der Waals surface area contributed by atoms with E-state index in [-0.39, 0.29) is 5.82 Å². The minimum Gasteiger partial charge on any atom is -0.343 e. The van der Waals surface area contributed by atoms with Gasteiger partial charge < -0.3 is 5.32 Å². The molecule has 1 saturated carbocycles. The Morgan fingerprint density at radius 1 is 1.04 bits per heavy atom. The molecule has 0 saturated heterocycles. The Kier molecular flexibility index (Phi) is 4.01. The summed E-state index contributed by atoms with van der Waals surface area (Å²) in [4.78, 5) is 16.9. The second-order valence-corrected chi connectivity index (χ2v) is 6.23. The fourth-order valence-corrected chi connectivity index (χ4v) is 3.12. The first-order valence-electron chi connectivity index (χ1n) is 8.28. The van der Waals surface area contributed by atoms with E-state index in [9.17, 15) is 4.39 Å². The Hall–Kier alpha value is -3.40. The molecule has 1 aliphatic rings. The van der Waals surface area contributed by atoms with Crippen molar-refractivity contribution in [2.24, 2.45) is 0 Å². The molecular weight excluding hydrogens is 331 g/mol. The lowest BCUT2D eigenvalue weighted by Gasteiger charge is -2.42. The third kappa shape index (κ3) is 2.86. The van der Waals surface area contributed by atoms with Crippen molar-refractivity contribution in [3.8, 4) is 17.2 Å². The second-order valence-electron chi connectivity index (χ2n) is 6.23. The quantitative estimate of drug-likeness (QED) is 0.779. The summed E-state index contributed by atoms with van der Waals surface area (Å²) in [5.74, 6) is 0.102. The van der Waals surface area contributed by atoms with Gasteiger partial charge in [-0.3, -0.25) is 4.98 Å². The van der Waals surface area contributed by atoms with Gasteiger partial charge in [0.1, 0.15) is 23.3 Å². The predicted octanol–water partition coefficient (Wildman–Crippen LogP) is 3.44. The number of hydrogen-bond acceptors (Lipinski definition) is 6. The molecule has 128 valence electrons. The van der Waals surface area contributed by atoms with Crippen molar-refractivity contribution in [3.63, 3.8) is 0 Å². The molecule has 0 bridgehead atoms. The van der Waals surface area contributed by atoms with Gasteiger partial charge in [-0.1, -0.05) is 0 Å². The smallest absolute Gasteiger partial charge is 0.223 e. The molecular formula is C19H15FN6. The Bertz CT molecular complexity index is 976. The van der Waals surface area contributed by atoms with Crippen LogP contribution < -0.4 is 5.32 Å². The van der Waals surface area contributed by atoms with E-state index < -0.39 is 5.54 Å². The summed E-state index contributed by atoms with van der Waals surface area (Å²) in [5.41, 5.74) is 1.78. The normalized spacial score (nSPS) is 14.9. The van der Waals surface area contributed by atoms with Crippen molar-refractivity contribution < 1.29 is 4.39 Å². The van der Waals surface area contributed by atoms with E-state index in [0.717, 1.165) is 30.4 Å². The van der Waals surface area contributed by atoms with Crippen LogP contribution in [-0.2, 0) is 5.54 Å². The topological polar surface area (TPSA) is 87.4 Å². The fourth-order valence-electron chi connectivity index (χ4n) is 3.12. The highest BCUT2D eigenvalue weighted by Crippen LogP contribution is 2.43. The number of aromatic nitrogens is 4. The lowest BCUT2D eigenvalue weighted by Crippen LogP contribution is -2.44. The molecule has 3 aromatic heterocycles. The number of nitriles is 1. The van der Waals surface area contributed by atoms with Gasteiger partial charge in [0.25, 0.3) is 0 Å². The largest absolute Gasteiger partial charge is 0.343 e. The minimum atomic E-state index is -0.558. The predicted molar refractivity (Wildman–Crippen MR) is 93.3 cm³/mol. The molecule has 1 fully saturated rings. The van der Waals surface area contributed by atoms with Crippen molar-refractivity contribution in [1.82, 2.24) is 19.9 Å². The van der Waals surface area contributed by atoms with Crippen LogP contribution in [0.1, 0.15) is 30.7 Å². The molecule has 0 aromatic carbocycles. The number of halogens is 1. The first-order chi connectivity index (χ1) is 12.7. The molecule has 4 rings (SSSR count). The van der Waals surface area contributed by atoms with Crippen LogP contribution in [0.15, 0.2) is 49.1 Å². The van der Waals surface area contributed by atoms with Gasteiger partial charge in [-0.05, 0) is 49.1 Å². The molecule has 0 spiro atoms. The molecule has 26 heavy (non-hydrogen) atoms. The average molecular weight is 346 g/mol. The van der Waals surface area contributed by atoms with Gasteiger partial charge in [0.05, 0.1) is 5.54 Å². The number of rotatable bonds is 4. The average Bonchev–Trinajstić information content (AvgIpc) is 2.66. The molecule has 6 nitrogen and oxygen atoms in total. The SMILES string of the molecule is N#Cc1cc(-c2cnc(NC3(c4ncccc4F)CCC3)nc2)ccn1. The van der Waals surface area contributed by atoms with Crippen LogP contribution in [-0.4, -0.2) is 19.9 Å². The van der Waals surface area contributed by atoms with Crippen LogP contribution in [0.25, 0.3) is 11.1 Å². The maximum Gasteiger partial charge on any atom is 0.223 e. The summed E-state index contributed by atoms with van der Waals surface area (Å²) >= 11 is 0. The lowest BCUT2D eigenvalue weighted by molar-refractivity contribution is 0.264. The van der Waals surface area contributed by atoms with Crippen LogP contribution in [0, 0.1) is 17.1 Å².